The summed E-state index contributed by atoms with van der Waals surface area (Å²) in [4.78, 5) is 0. The summed E-state index contributed by atoms with van der Waals surface area (Å²) in [6, 6.07) is 14.2. The zero-order chi connectivity index (χ0) is 16.4. The molecule has 118 valence electrons. The average Bonchev–Trinajstić information content (AvgIpc) is 2.87. The van der Waals surface area contributed by atoms with Crippen LogP contribution in [-0.2, 0) is 13.7 Å². The Balaban J connectivity index is 1.87. The summed E-state index contributed by atoms with van der Waals surface area (Å²) in [6.07, 6.45) is 1.78. The molecule has 3 rings (SSSR count). The van der Waals surface area contributed by atoms with Crippen LogP contribution in [0.25, 0.3) is 11.1 Å². The van der Waals surface area contributed by atoms with Crippen LogP contribution < -0.4 is 10.5 Å². The molecular weight excluding hydrogens is 354 g/mol. The Morgan fingerprint density at radius 2 is 1.96 bits per heavy atom. The average molecular weight is 372 g/mol. The third-order valence-corrected chi connectivity index (χ3v) is 4.34. The highest BCUT2D eigenvalue weighted by atomic mass is 79.9. The quantitative estimate of drug-likeness (QED) is 0.742. The minimum absolute atomic E-state index is 0.536. The zero-order valence-electron chi connectivity index (χ0n) is 13.1. The summed E-state index contributed by atoms with van der Waals surface area (Å²) < 4.78 is 8.56. The van der Waals surface area contributed by atoms with Crippen molar-refractivity contribution >= 4 is 21.7 Å². The van der Waals surface area contributed by atoms with Gasteiger partial charge >= 0.3 is 0 Å². The standard InChI is InChI=1S/C18H18BrN3O/c1-12-8-14(15-10-21-22(2)18(15)20)9-16(19)17(12)23-11-13-6-4-3-5-7-13/h3-10H,11,20H2,1-2H3. The molecule has 0 radical (unpaired) electrons. The zero-order valence-corrected chi connectivity index (χ0v) is 14.7. The fourth-order valence-electron chi connectivity index (χ4n) is 2.47. The lowest BCUT2D eigenvalue weighted by atomic mass is 10.1. The number of aromatic nitrogens is 2. The van der Waals surface area contributed by atoms with E-state index in [1.807, 2.05) is 50.4 Å². The molecule has 0 aliphatic carbocycles. The van der Waals surface area contributed by atoms with Crippen molar-refractivity contribution < 1.29 is 4.74 Å². The molecule has 0 aliphatic rings. The molecule has 2 aromatic carbocycles. The van der Waals surface area contributed by atoms with Gasteiger partial charge in [0.2, 0.25) is 0 Å². The molecule has 0 saturated heterocycles. The number of anilines is 1. The van der Waals surface area contributed by atoms with Gasteiger partial charge in [0.1, 0.15) is 18.2 Å². The van der Waals surface area contributed by atoms with E-state index in [1.54, 1.807) is 10.9 Å². The van der Waals surface area contributed by atoms with Crippen LogP contribution >= 0.6 is 15.9 Å². The third-order valence-electron chi connectivity index (χ3n) is 3.75. The summed E-state index contributed by atoms with van der Waals surface area (Å²) in [5.41, 5.74) is 10.2. The van der Waals surface area contributed by atoms with Gasteiger partial charge in [-0.2, -0.15) is 5.10 Å². The lowest BCUT2D eigenvalue weighted by molar-refractivity contribution is 0.302. The summed E-state index contributed by atoms with van der Waals surface area (Å²) in [5, 5.41) is 4.20. The van der Waals surface area contributed by atoms with Gasteiger partial charge in [0.05, 0.1) is 10.7 Å². The first-order valence-electron chi connectivity index (χ1n) is 7.31. The minimum Gasteiger partial charge on any atom is -0.487 e. The summed E-state index contributed by atoms with van der Waals surface area (Å²) >= 11 is 3.61. The van der Waals surface area contributed by atoms with Crippen molar-refractivity contribution in [3.63, 3.8) is 0 Å². The first kappa shape index (κ1) is 15.6. The van der Waals surface area contributed by atoms with Gasteiger partial charge in [0.15, 0.2) is 0 Å². The molecule has 0 bridgehead atoms. The number of nitrogens with two attached hydrogens (primary N) is 1. The molecule has 2 N–H and O–H groups in total. The Morgan fingerprint density at radius 3 is 2.57 bits per heavy atom. The van der Waals surface area contributed by atoms with Gasteiger partial charge in [0, 0.05) is 12.6 Å². The van der Waals surface area contributed by atoms with Crippen LogP contribution in [0.15, 0.2) is 53.1 Å². The van der Waals surface area contributed by atoms with Crippen molar-refractivity contribution in [1.82, 2.24) is 9.78 Å². The van der Waals surface area contributed by atoms with E-state index >= 15 is 0 Å². The molecule has 4 nitrogen and oxygen atoms in total. The molecule has 0 spiro atoms. The molecule has 5 heteroatoms. The molecular formula is C18H18BrN3O. The smallest absolute Gasteiger partial charge is 0.136 e. The molecule has 1 heterocycles. The molecule has 0 fully saturated rings. The second-order valence-electron chi connectivity index (χ2n) is 5.45. The molecule has 3 aromatic rings. The highest BCUT2D eigenvalue weighted by molar-refractivity contribution is 9.10. The van der Waals surface area contributed by atoms with Crippen LogP contribution in [-0.4, -0.2) is 9.78 Å². The van der Waals surface area contributed by atoms with Gasteiger partial charge in [-0.25, -0.2) is 0 Å². The number of nitrogen functional groups attached to an aromatic ring is 1. The second-order valence-corrected chi connectivity index (χ2v) is 6.30. The Hall–Kier alpha value is -2.27. The van der Waals surface area contributed by atoms with E-state index in [2.05, 4.69) is 27.1 Å². The van der Waals surface area contributed by atoms with Crippen molar-refractivity contribution in [1.29, 1.82) is 0 Å². The Morgan fingerprint density at radius 1 is 1.22 bits per heavy atom. The lowest BCUT2D eigenvalue weighted by Crippen LogP contribution is -1.99. The van der Waals surface area contributed by atoms with Crippen LogP contribution in [0.2, 0.25) is 0 Å². The molecule has 0 amide bonds. The molecule has 0 atom stereocenters. The monoisotopic (exact) mass is 371 g/mol. The van der Waals surface area contributed by atoms with Gasteiger partial charge in [-0.1, -0.05) is 30.3 Å². The summed E-state index contributed by atoms with van der Waals surface area (Å²) in [7, 11) is 1.83. The number of halogens is 1. The lowest BCUT2D eigenvalue weighted by Gasteiger charge is -2.13. The van der Waals surface area contributed by atoms with E-state index in [0.29, 0.717) is 12.4 Å². The van der Waals surface area contributed by atoms with Gasteiger partial charge in [-0.05, 0) is 51.7 Å². The fourth-order valence-corrected chi connectivity index (χ4v) is 3.14. The van der Waals surface area contributed by atoms with Crippen LogP contribution in [0, 0.1) is 6.92 Å². The van der Waals surface area contributed by atoms with E-state index in [0.717, 1.165) is 32.5 Å². The first-order valence-corrected chi connectivity index (χ1v) is 8.10. The number of hydrogen-bond donors (Lipinski definition) is 1. The number of benzene rings is 2. The topological polar surface area (TPSA) is 53.1 Å². The highest BCUT2D eigenvalue weighted by Gasteiger charge is 2.13. The summed E-state index contributed by atoms with van der Waals surface area (Å²) in [5.74, 6) is 1.49. The van der Waals surface area contributed by atoms with Crippen molar-refractivity contribution in [2.75, 3.05) is 5.73 Å². The van der Waals surface area contributed by atoms with E-state index in [9.17, 15) is 0 Å². The summed E-state index contributed by atoms with van der Waals surface area (Å²) in [6.45, 7) is 2.57. The van der Waals surface area contributed by atoms with Crippen molar-refractivity contribution in [2.45, 2.75) is 13.5 Å². The SMILES string of the molecule is Cc1cc(-c2cnn(C)c2N)cc(Br)c1OCc1ccccc1. The number of rotatable bonds is 4. The highest BCUT2D eigenvalue weighted by Crippen LogP contribution is 2.36. The molecule has 0 saturated carbocycles. The Bertz CT molecular complexity index is 805. The van der Waals surface area contributed by atoms with Crippen LogP contribution in [0.5, 0.6) is 5.75 Å². The van der Waals surface area contributed by atoms with Gasteiger partial charge in [-0.15, -0.1) is 0 Å². The normalized spacial score (nSPS) is 10.7. The number of nitrogens with zero attached hydrogens (tertiary/aromatic N) is 2. The Labute approximate surface area is 144 Å². The van der Waals surface area contributed by atoms with Crippen LogP contribution in [0.3, 0.4) is 0 Å². The maximum absolute atomic E-state index is 6.06. The maximum Gasteiger partial charge on any atom is 0.136 e. The third kappa shape index (κ3) is 3.24. The molecule has 0 aliphatic heterocycles. The molecule has 0 unspecified atom stereocenters. The van der Waals surface area contributed by atoms with Crippen LogP contribution in [0.4, 0.5) is 5.82 Å². The van der Waals surface area contributed by atoms with Gasteiger partial charge < -0.3 is 10.5 Å². The van der Waals surface area contributed by atoms with E-state index in [1.165, 1.54) is 0 Å². The molecule has 23 heavy (non-hydrogen) atoms. The van der Waals surface area contributed by atoms with Gasteiger partial charge in [0.25, 0.3) is 0 Å². The predicted molar refractivity (Wildman–Crippen MR) is 96.3 cm³/mol. The predicted octanol–water partition coefficient (Wildman–Crippen LogP) is 4.32. The largest absolute Gasteiger partial charge is 0.487 e. The van der Waals surface area contributed by atoms with Crippen molar-refractivity contribution in [2.24, 2.45) is 7.05 Å². The second kappa shape index (κ2) is 6.46. The molecule has 1 aromatic heterocycles. The van der Waals surface area contributed by atoms with Crippen molar-refractivity contribution in [3.05, 3.63) is 64.3 Å². The fraction of sp³-hybridized carbons (Fsp3) is 0.167. The van der Waals surface area contributed by atoms with E-state index in [4.69, 9.17) is 10.5 Å². The Kier molecular flexibility index (Phi) is 4.39. The minimum atomic E-state index is 0.536. The van der Waals surface area contributed by atoms with E-state index in [-0.39, 0.29) is 0 Å². The number of aryl methyl sites for hydroxylation is 2. The van der Waals surface area contributed by atoms with Crippen molar-refractivity contribution in [3.8, 4) is 16.9 Å². The number of hydrogen-bond acceptors (Lipinski definition) is 3. The van der Waals surface area contributed by atoms with Gasteiger partial charge in [-0.3, -0.25) is 4.68 Å². The van der Waals surface area contributed by atoms with E-state index < -0.39 is 0 Å². The maximum atomic E-state index is 6.06. The number of ether oxygens (including phenoxy) is 1. The first-order chi connectivity index (χ1) is 11.1. The van der Waals surface area contributed by atoms with Crippen LogP contribution in [0.1, 0.15) is 11.1 Å².